The van der Waals surface area contributed by atoms with E-state index >= 15 is 0 Å². The van der Waals surface area contributed by atoms with Gasteiger partial charge in [0.25, 0.3) is 0 Å². The van der Waals surface area contributed by atoms with E-state index in [0.29, 0.717) is 10.9 Å². The number of carbonyl (C=O) groups is 1. The van der Waals surface area contributed by atoms with Crippen molar-refractivity contribution in [3.63, 3.8) is 0 Å². The molecule has 0 aromatic carbocycles. The van der Waals surface area contributed by atoms with Crippen LogP contribution in [-0.2, 0) is 18.4 Å². The first-order chi connectivity index (χ1) is 7.99. The van der Waals surface area contributed by atoms with Crippen molar-refractivity contribution in [1.82, 2.24) is 0 Å². The molecule has 2 atom stereocenters. The Bertz CT molecular complexity index is 361. The molecule has 0 rings (SSSR count). The molecule has 6 nitrogen and oxygen atoms in total. The predicted molar refractivity (Wildman–Crippen MR) is 68.5 cm³/mol. The van der Waals surface area contributed by atoms with E-state index < -0.39 is 20.0 Å². The van der Waals surface area contributed by atoms with Gasteiger partial charge in [-0.05, 0) is 13.3 Å². The molecule has 18 heavy (non-hydrogen) atoms. The van der Waals surface area contributed by atoms with Gasteiger partial charge in [-0.2, -0.15) is 0 Å². The number of phosphoric acid groups is 1. The molecule has 0 aromatic rings. The zero-order valence-corrected chi connectivity index (χ0v) is 12.6. The van der Waals surface area contributed by atoms with Crippen molar-refractivity contribution < 1.29 is 27.8 Å². The van der Waals surface area contributed by atoms with E-state index in [1.54, 1.807) is 0 Å². The quantitative estimate of drug-likeness (QED) is 0.334. The lowest BCUT2D eigenvalue weighted by molar-refractivity contribution is -0.916. The van der Waals surface area contributed by atoms with Gasteiger partial charge in [0.2, 0.25) is 6.23 Å². The van der Waals surface area contributed by atoms with Gasteiger partial charge in [-0.1, -0.05) is 13.5 Å². The highest BCUT2D eigenvalue weighted by Crippen LogP contribution is 2.46. The Hall–Kier alpha value is -0.680. The molecular weight excluding hydrogens is 257 g/mol. The Labute approximate surface area is 108 Å². The van der Waals surface area contributed by atoms with Crippen molar-refractivity contribution in [2.24, 2.45) is 0 Å². The van der Waals surface area contributed by atoms with Crippen molar-refractivity contribution >= 4 is 13.8 Å². The Morgan fingerprint density at radius 3 is 2.28 bits per heavy atom. The Kier molecular flexibility index (Phi) is 6.23. The highest BCUT2D eigenvalue weighted by atomic mass is 31.2. The molecule has 7 heteroatoms. The van der Waals surface area contributed by atoms with Crippen LogP contribution in [0.5, 0.6) is 0 Å². The van der Waals surface area contributed by atoms with Crippen LogP contribution in [0.15, 0.2) is 12.2 Å². The largest absolute Gasteiger partial charge is 0.534 e. The second-order valence-corrected chi connectivity index (χ2v) is 6.42. The molecule has 0 fully saturated rings. The summed E-state index contributed by atoms with van der Waals surface area (Å²) >= 11 is 0. The number of carbonyl (C=O) groups excluding carboxylic acids is 1. The fraction of sp³-hybridized carbons (Fsp3) is 0.727. The van der Waals surface area contributed by atoms with Gasteiger partial charge in [-0.15, -0.1) is 0 Å². The third-order valence-corrected chi connectivity index (χ3v) is 3.11. The second kappa shape index (κ2) is 6.48. The third-order valence-electron chi connectivity index (χ3n) is 2.20. The van der Waals surface area contributed by atoms with E-state index in [4.69, 9.17) is 4.52 Å². The van der Waals surface area contributed by atoms with E-state index in [2.05, 4.69) is 11.1 Å². The van der Waals surface area contributed by atoms with Crippen LogP contribution in [0.1, 0.15) is 26.7 Å². The molecule has 0 aliphatic heterocycles. The molecule has 0 amide bonds. The number of hydrogen-bond acceptors (Lipinski definition) is 4. The molecule has 0 heterocycles. The van der Waals surface area contributed by atoms with Gasteiger partial charge in [-0.25, -0.2) is 13.9 Å². The average molecular weight is 280 g/mol. The van der Waals surface area contributed by atoms with Crippen LogP contribution in [0.25, 0.3) is 0 Å². The molecule has 2 unspecified atom stereocenters. The van der Waals surface area contributed by atoms with E-state index in [1.165, 1.54) is 6.92 Å². The van der Waals surface area contributed by atoms with Crippen molar-refractivity contribution in [3.8, 4) is 0 Å². The molecule has 0 saturated carbocycles. The lowest BCUT2D eigenvalue weighted by Gasteiger charge is -2.33. The van der Waals surface area contributed by atoms with Crippen LogP contribution >= 0.6 is 7.82 Å². The van der Waals surface area contributed by atoms with E-state index in [0.717, 1.165) is 6.42 Å². The topological polar surface area (TPSA) is 72.8 Å². The van der Waals surface area contributed by atoms with Gasteiger partial charge in [0, 0.05) is 12.0 Å². The summed E-state index contributed by atoms with van der Waals surface area (Å²) in [5.74, 6) is -0.933. The summed E-state index contributed by atoms with van der Waals surface area (Å²) in [5, 5.41) is 0. The third kappa shape index (κ3) is 6.31. The van der Waals surface area contributed by atoms with Crippen LogP contribution in [-0.4, -0.2) is 42.7 Å². The maximum absolute atomic E-state index is 11.7. The summed E-state index contributed by atoms with van der Waals surface area (Å²) in [5.41, 5.74) is 0.0464. The molecular formula is C11H23NO5P+. The lowest BCUT2D eigenvalue weighted by atomic mass is 10.3. The monoisotopic (exact) mass is 280 g/mol. The number of nitrogens with zero attached hydrogens (tertiary/aromatic N) is 1. The van der Waals surface area contributed by atoms with Crippen LogP contribution in [0.2, 0.25) is 0 Å². The molecule has 0 aliphatic carbocycles. The second-order valence-electron chi connectivity index (χ2n) is 5.09. The highest BCUT2D eigenvalue weighted by molar-refractivity contribution is 7.48. The summed E-state index contributed by atoms with van der Waals surface area (Å²) in [6.07, 6.45) is 0.844. The Morgan fingerprint density at radius 2 is 1.94 bits per heavy atom. The van der Waals surface area contributed by atoms with Gasteiger partial charge in [-0.3, -0.25) is 4.89 Å². The fourth-order valence-electron chi connectivity index (χ4n) is 1.19. The van der Waals surface area contributed by atoms with Crippen molar-refractivity contribution in [1.29, 1.82) is 0 Å². The SMILES string of the molecule is C=C(C)C(=O)OP(=O)(O)OC(CCC)[N+](C)(C)C. The summed E-state index contributed by atoms with van der Waals surface area (Å²) < 4.78 is 21.5. The summed E-state index contributed by atoms with van der Waals surface area (Å²) in [7, 11) is 1.09. The van der Waals surface area contributed by atoms with Gasteiger partial charge in [0.05, 0.1) is 21.1 Å². The van der Waals surface area contributed by atoms with Crippen LogP contribution in [0, 0.1) is 0 Å². The number of phosphoric ester groups is 1. The molecule has 0 saturated heterocycles. The van der Waals surface area contributed by atoms with Crippen LogP contribution in [0.3, 0.4) is 0 Å². The summed E-state index contributed by atoms with van der Waals surface area (Å²) in [6, 6.07) is 0. The van der Waals surface area contributed by atoms with Crippen LogP contribution < -0.4 is 0 Å². The molecule has 0 spiro atoms. The number of hydrogen-bond donors (Lipinski definition) is 1. The minimum absolute atomic E-state index is 0.0464. The van der Waals surface area contributed by atoms with Crippen molar-refractivity contribution in [2.75, 3.05) is 21.1 Å². The first-order valence-electron chi connectivity index (χ1n) is 5.71. The van der Waals surface area contributed by atoms with Gasteiger partial charge >= 0.3 is 13.8 Å². The normalized spacial score (nSPS) is 16.8. The van der Waals surface area contributed by atoms with Gasteiger partial charge in [0.15, 0.2) is 0 Å². The Morgan fingerprint density at radius 1 is 1.44 bits per heavy atom. The lowest BCUT2D eigenvalue weighted by Crippen LogP contribution is -2.46. The first-order valence-corrected chi connectivity index (χ1v) is 7.21. The number of quaternary nitrogens is 1. The average Bonchev–Trinajstić information content (AvgIpc) is 2.14. The van der Waals surface area contributed by atoms with Gasteiger partial charge < -0.3 is 9.01 Å². The fourth-order valence-corrected chi connectivity index (χ4v) is 2.29. The van der Waals surface area contributed by atoms with Gasteiger partial charge in [0.1, 0.15) is 0 Å². The smallest absolute Gasteiger partial charge is 0.367 e. The molecule has 0 bridgehead atoms. The van der Waals surface area contributed by atoms with E-state index in [1.807, 2.05) is 28.1 Å². The molecule has 0 aliphatic rings. The minimum atomic E-state index is -4.41. The van der Waals surface area contributed by atoms with Crippen molar-refractivity contribution in [2.45, 2.75) is 32.9 Å². The molecule has 106 valence electrons. The zero-order chi connectivity index (χ0) is 14.6. The van der Waals surface area contributed by atoms with E-state index in [-0.39, 0.29) is 5.57 Å². The predicted octanol–water partition coefficient (Wildman–Crippen LogP) is 2.06. The Balaban J connectivity index is 4.76. The maximum Gasteiger partial charge on any atom is 0.534 e. The summed E-state index contributed by atoms with van der Waals surface area (Å²) in [6.45, 7) is 6.67. The molecule has 1 N–H and O–H groups in total. The first kappa shape index (κ1) is 17.3. The standard InChI is InChI=1S/C11H22NO5P/c1-7-8-10(12(4,5)6)16-18(14,15)17-11(13)9(2)3/h10H,2,7-8H2,1,3-6H3/p+1. The molecule has 0 aromatic heterocycles. The zero-order valence-electron chi connectivity index (χ0n) is 11.7. The van der Waals surface area contributed by atoms with Crippen LogP contribution in [0.4, 0.5) is 0 Å². The van der Waals surface area contributed by atoms with Crippen molar-refractivity contribution in [3.05, 3.63) is 12.2 Å². The number of rotatable bonds is 7. The highest BCUT2D eigenvalue weighted by Gasteiger charge is 2.36. The summed E-state index contributed by atoms with van der Waals surface area (Å²) in [4.78, 5) is 20.7. The maximum atomic E-state index is 11.7. The molecule has 0 radical (unpaired) electrons. The van der Waals surface area contributed by atoms with E-state index in [9.17, 15) is 14.3 Å². The minimum Gasteiger partial charge on any atom is -0.367 e.